The molecular weight excluding hydrogens is 540 g/mol. The van der Waals surface area contributed by atoms with Gasteiger partial charge in [0.2, 0.25) is 5.79 Å². The summed E-state index contributed by atoms with van der Waals surface area (Å²) in [4.78, 5) is 24.9. The summed E-state index contributed by atoms with van der Waals surface area (Å²) in [5, 5.41) is 33.1. The molecule has 3 N–H and O–H groups in total. The van der Waals surface area contributed by atoms with Crippen LogP contribution in [0.15, 0.2) is 12.2 Å². The van der Waals surface area contributed by atoms with Crippen molar-refractivity contribution in [3.63, 3.8) is 0 Å². The molecule has 5 heterocycles. The molecule has 0 aromatic rings. The average molecular weight is 585 g/mol. The molecule has 0 amide bonds. The first-order chi connectivity index (χ1) is 19.4. The van der Waals surface area contributed by atoms with E-state index in [0.29, 0.717) is 25.9 Å². The summed E-state index contributed by atoms with van der Waals surface area (Å²) in [5.74, 6) is -2.68. The molecule has 12 nitrogen and oxygen atoms in total. The second-order valence-corrected chi connectivity index (χ2v) is 12.6. The highest BCUT2D eigenvalue weighted by atomic mass is 16.8. The topological polar surface area (TPSA) is 159 Å². The molecule has 4 saturated heterocycles. The normalized spacial score (nSPS) is 45.3. The van der Waals surface area contributed by atoms with E-state index in [4.69, 9.17) is 33.2 Å². The van der Waals surface area contributed by atoms with Gasteiger partial charge in [0.05, 0.1) is 49.7 Å². The summed E-state index contributed by atoms with van der Waals surface area (Å²) < 4.78 is 40.9. The molecule has 1 unspecified atom stereocenters. The van der Waals surface area contributed by atoms with Crippen LogP contribution in [0, 0.1) is 5.41 Å². The maximum absolute atomic E-state index is 12.8. The molecule has 0 radical (unpaired) electrons. The smallest absolute Gasteiger partial charge is 0.459 e. The van der Waals surface area contributed by atoms with Crippen molar-refractivity contribution in [2.45, 2.75) is 146 Å². The molecule has 5 aliphatic heterocycles. The second-order valence-electron chi connectivity index (χ2n) is 12.6. The van der Waals surface area contributed by atoms with Crippen molar-refractivity contribution < 1.29 is 58.1 Å². The van der Waals surface area contributed by atoms with Crippen LogP contribution in [0.1, 0.15) is 78.6 Å². The quantitative estimate of drug-likeness (QED) is 0.305. The predicted octanol–water partition coefficient (Wildman–Crippen LogP) is 2.25. The van der Waals surface area contributed by atoms with Crippen molar-refractivity contribution in [1.29, 1.82) is 0 Å². The molecule has 0 aromatic carbocycles. The predicted molar refractivity (Wildman–Crippen MR) is 140 cm³/mol. The Bertz CT molecular complexity index is 967. The lowest BCUT2D eigenvalue weighted by atomic mass is 9.75. The van der Waals surface area contributed by atoms with E-state index in [1.54, 1.807) is 26.0 Å². The highest BCUT2D eigenvalue weighted by Crippen LogP contribution is 2.47. The van der Waals surface area contributed by atoms with Crippen LogP contribution >= 0.6 is 0 Å². The number of ether oxygens (including phenoxy) is 7. The first-order valence-electron chi connectivity index (χ1n) is 14.9. The minimum atomic E-state index is -2.02. The molecular formula is C29H44O12. The van der Waals surface area contributed by atoms with Gasteiger partial charge in [-0.1, -0.05) is 19.9 Å². The monoisotopic (exact) mass is 584 g/mol. The molecule has 5 rings (SSSR count). The van der Waals surface area contributed by atoms with Gasteiger partial charge in [-0.2, -0.15) is 0 Å². The number of hydrogen-bond donors (Lipinski definition) is 3. The molecule has 41 heavy (non-hydrogen) atoms. The van der Waals surface area contributed by atoms with E-state index >= 15 is 0 Å². The maximum atomic E-state index is 12.8. The van der Waals surface area contributed by atoms with E-state index in [1.807, 2.05) is 0 Å². The summed E-state index contributed by atoms with van der Waals surface area (Å²) in [5.41, 5.74) is -1.12. The van der Waals surface area contributed by atoms with E-state index in [2.05, 4.69) is 0 Å². The number of aliphatic hydroxyl groups is 3. The summed E-state index contributed by atoms with van der Waals surface area (Å²) in [7, 11) is 0. The van der Waals surface area contributed by atoms with Crippen LogP contribution in [-0.2, 0) is 38.0 Å². The zero-order chi connectivity index (χ0) is 29.4. The number of aliphatic hydroxyl groups excluding tert-OH is 2. The Labute approximate surface area is 240 Å². The van der Waals surface area contributed by atoms with Crippen molar-refractivity contribution in [3.8, 4) is 0 Å². The van der Waals surface area contributed by atoms with Crippen LogP contribution in [-0.4, -0.2) is 101 Å². The van der Waals surface area contributed by atoms with Crippen LogP contribution < -0.4 is 0 Å². The Kier molecular flexibility index (Phi) is 9.30. The number of hydrogen-bond acceptors (Lipinski definition) is 12. The lowest BCUT2D eigenvalue weighted by Crippen LogP contribution is -2.64. The number of carbonyl (C=O) groups excluding carboxylic acids is 2. The van der Waals surface area contributed by atoms with Crippen molar-refractivity contribution >= 4 is 12.1 Å². The van der Waals surface area contributed by atoms with Gasteiger partial charge in [-0.3, -0.25) is 4.79 Å². The summed E-state index contributed by atoms with van der Waals surface area (Å²) in [6, 6.07) is 0. The zero-order valence-electron chi connectivity index (χ0n) is 24.0. The van der Waals surface area contributed by atoms with E-state index in [9.17, 15) is 24.9 Å². The number of esters is 1. The molecule has 0 aromatic heterocycles. The van der Waals surface area contributed by atoms with Gasteiger partial charge in [-0.15, -0.1) is 0 Å². The third-order valence-electron chi connectivity index (χ3n) is 8.89. The summed E-state index contributed by atoms with van der Waals surface area (Å²) in [6.07, 6.45) is 0.146. The van der Waals surface area contributed by atoms with Crippen LogP contribution in [0.25, 0.3) is 0 Å². The largest absolute Gasteiger partial charge is 0.509 e. The minimum absolute atomic E-state index is 0.0202. The summed E-state index contributed by atoms with van der Waals surface area (Å²) in [6.45, 7) is 5.47. The Morgan fingerprint density at radius 3 is 2.41 bits per heavy atom. The number of carbonyl (C=O) groups is 2. The second kappa shape index (κ2) is 12.4. The fraction of sp³-hybridized carbons (Fsp3) is 0.862. The third kappa shape index (κ3) is 7.06. The van der Waals surface area contributed by atoms with E-state index in [0.717, 1.165) is 19.3 Å². The van der Waals surface area contributed by atoms with E-state index in [-0.39, 0.29) is 37.6 Å². The Hall–Kier alpha value is -1.80. The molecule has 232 valence electrons. The first kappa shape index (κ1) is 30.7. The van der Waals surface area contributed by atoms with Crippen molar-refractivity contribution in [2.24, 2.45) is 5.41 Å². The first-order valence-corrected chi connectivity index (χ1v) is 14.9. The van der Waals surface area contributed by atoms with Gasteiger partial charge in [-0.05, 0) is 45.1 Å². The number of cyclic esters (lactones) is 1. The van der Waals surface area contributed by atoms with Crippen LogP contribution in [0.2, 0.25) is 0 Å². The maximum Gasteiger partial charge on any atom is 0.509 e. The molecule has 4 fully saturated rings. The van der Waals surface area contributed by atoms with Crippen molar-refractivity contribution in [1.82, 2.24) is 0 Å². The van der Waals surface area contributed by atoms with Crippen LogP contribution in [0.5, 0.6) is 0 Å². The van der Waals surface area contributed by atoms with E-state index < -0.39 is 66.2 Å². The van der Waals surface area contributed by atoms with Gasteiger partial charge in [0.25, 0.3) is 0 Å². The number of rotatable bonds is 1. The molecule has 11 atom stereocenters. The minimum Gasteiger partial charge on any atom is -0.459 e. The SMILES string of the molecule is C[C@@H](O)[C@H]1C[C@@H]2CC3OC(=O)O[C@@H]3[C@@](O)(O2)C(C)(C)/C=C\[C@H]2OCC[C@@H](C[C@H]3CCC[C@@H](C[C@@H](O)CC(=O)O1)O3)O2. The average Bonchev–Trinajstić information content (AvgIpc) is 3.28. The fourth-order valence-corrected chi connectivity index (χ4v) is 6.53. The molecule has 0 saturated carbocycles. The van der Waals surface area contributed by atoms with Gasteiger partial charge in [0.1, 0.15) is 6.10 Å². The standard InChI is InChI=1S/C29H44O12/c1-16(30)22-14-21-15-23-26(40-27(33)39-23)29(34,41-21)28(2,3)9-7-25-35-10-8-20(37-25)13-19-6-4-5-18(36-19)11-17(31)12-24(32)38-22/h7,9,16-23,25-26,30-31,34H,4-6,8,10-15H2,1-3H3/b9-7-/t16-,17-,18+,19-,20+,21-,22-,23?,25+,26+,29-/m1/s1. The van der Waals surface area contributed by atoms with Crippen LogP contribution in [0.3, 0.4) is 0 Å². The molecule has 12 heteroatoms. The molecule has 6 bridgehead atoms. The van der Waals surface area contributed by atoms with Gasteiger partial charge < -0.3 is 48.5 Å². The molecule has 5 aliphatic rings. The highest BCUT2D eigenvalue weighted by molar-refractivity contribution is 5.70. The van der Waals surface area contributed by atoms with Crippen molar-refractivity contribution in [3.05, 3.63) is 12.2 Å². The Balaban J connectivity index is 1.42. The third-order valence-corrected chi connectivity index (χ3v) is 8.89. The lowest BCUT2D eigenvalue weighted by Gasteiger charge is -2.49. The van der Waals surface area contributed by atoms with Crippen molar-refractivity contribution in [2.75, 3.05) is 6.61 Å². The van der Waals surface area contributed by atoms with Gasteiger partial charge >= 0.3 is 12.1 Å². The Morgan fingerprint density at radius 1 is 0.927 bits per heavy atom. The van der Waals surface area contributed by atoms with Gasteiger partial charge in [0.15, 0.2) is 18.5 Å². The van der Waals surface area contributed by atoms with Crippen LogP contribution in [0.4, 0.5) is 4.79 Å². The highest BCUT2D eigenvalue weighted by Gasteiger charge is 2.63. The molecule has 0 aliphatic carbocycles. The zero-order valence-corrected chi connectivity index (χ0v) is 24.0. The number of fused-ring (bicyclic) bond motifs is 8. The van der Waals surface area contributed by atoms with E-state index in [1.165, 1.54) is 6.92 Å². The van der Waals surface area contributed by atoms with Gasteiger partial charge in [0, 0.05) is 24.7 Å². The Morgan fingerprint density at radius 2 is 1.66 bits per heavy atom. The lowest BCUT2D eigenvalue weighted by molar-refractivity contribution is -0.341. The summed E-state index contributed by atoms with van der Waals surface area (Å²) >= 11 is 0. The molecule has 0 spiro atoms. The fourth-order valence-electron chi connectivity index (χ4n) is 6.53. The van der Waals surface area contributed by atoms with Gasteiger partial charge in [-0.25, -0.2) is 4.79 Å².